The molecule has 0 fully saturated rings. The normalized spacial score (nSPS) is 5.00. The summed E-state index contributed by atoms with van der Waals surface area (Å²) >= 11 is 0. The van der Waals surface area contributed by atoms with Crippen molar-refractivity contribution in [2.75, 3.05) is 0 Å². The summed E-state index contributed by atoms with van der Waals surface area (Å²) in [5.74, 6) is -8.67. The summed E-state index contributed by atoms with van der Waals surface area (Å²) in [5.41, 5.74) is 0. The molecule has 0 aliphatic rings. The van der Waals surface area contributed by atoms with Gasteiger partial charge in [-0.2, -0.15) is 0 Å². The molecule has 0 atom stereocenters. The van der Waals surface area contributed by atoms with Crippen LogP contribution in [-0.4, -0.2) is 47.8 Å². The minimum atomic E-state index is -1.08. The molecule has 0 aliphatic heterocycles. The molecule has 24 heteroatoms. The average Bonchev–Trinajstić information content (AvgIpc) is 2.30. The van der Waals surface area contributed by atoms with Gasteiger partial charge in [-0.1, -0.05) is 0 Å². The molecule has 0 aromatic heterocycles. The fourth-order valence-electron chi connectivity index (χ4n) is 0. The van der Waals surface area contributed by atoms with Crippen molar-refractivity contribution in [1.82, 2.24) is 0 Å². The van der Waals surface area contributed by atoms with Crippen LogP contribution in [0.15, 0.2) is 0 Å². The van der Waals surface area contributed by atoms with Gasteiger partial charge in [0.05, 0.1) is 0 Å². The first-order valence-electron chi connectivity index (χ1n) is 7.27. The summed E-state index contributed by atoms with van der Waals surface area (Å²) in [6, 6.07) is 0. The van der Waals surface area contributed by atoms with E-state index in [-0.39, 0.29) is 236 Å². The molecule has 0 heterocycles. The van der Waals surface area contributed by atoms with E-state index in [1.54, 1.807) is 0 Å². The Labute approximate surface area is 410 Å². The Morgan fingerprint density at radius 3 is 0.225 bits per heavy atom. The maximum atomic E-state index is 8.89. The topological polar surface area (TPSA) is 321 Å². The zero-order valence-corrected chi connectivity index (χ0v) is 42.5. The van der Waals surface area contributed by atoms with Crippen molar-refractivity contribution in [3.8, 4) is 0 Å². The quantitative estimate of drug-likeness (QED) is 0.218. The van der Waals surface area contributed by atoms with E-state index < -0.39 is 47.8 Å². The molecule has 0 spiro atoms. The Morgan fingerprint density at radius 1 is 0.225 bits per heavy atom. The van der Waals surface area contributed by atoms with Gasteiger partial charge in [0, 0.05) is 47.8 Å². The van der Waals surface area contributed by atoms with Crippen molar-refractivity contribution in [2.24, 2.45) is 0 Å². The zero-order chi connectivity index (χ0) is 28.6. The number of aliphatic carboxylic acids is 8. The summed E-state index contributed by atoms with van der Waals surface area (Å²) in [4.78, 5) is 71.1. The molecule has 0 N–H and O–H groups in total. The Bertz CT molecular complexity index is 389. The monoisotopic (exact) mass is 656 g/mol. The number of carbonyl (C=O) groups excluding carboxylic acids is 8. The Hall–Kier alpha value is 3.76. The first kappa shape index (κ1) is 104. The van der Waals surface area contributed by atoms with Crippen LogP contribution in [0.3, 0.4) is 0 Å². The number of carboxylic acids is 8. The van der Waals surface area contributed by atoms with Crippen molar-refractivity contribution < 1.29 is 316 Å². The Kier molecular flexibility index (Phi) is 251. The molecule has 0 bridgehead atoms. The molecule has 0 saturated heterocycles. The largest absolute Gasteiger partial charge is 1.00 e. The second-order valence-electron chi connectivity index (χ2n) is 3.93. The van der Waals surface area contributed by atoms with Crippen LogP contribution in [0.1, 0.15) is 55.4 Å². The van der Waals surface area contributed by atoms with E-state index in [0.29, 0.717) is 0 Å². The molecule has 0 amide bonds. The first-order valence-corrected chi connectivity index (χ1v) is 7.27. The van der Waals surface area contributed by atoms with E-state index in [9.17, 15) is 0 Å². The molecular weight excluding hydrogens is 632 g/mol. The second kappa shape index (κ2) is 96.8. The van der Waals surface area contributed by atoms with E-state index in [1.165, 1.54) is 0 Å². The van der Waals surface area contributed by atoms with Gasteiger partial charge >= 0.3 is 236 Å². The molecule has 40 heavy (non-hydrogen) atoms. The van der Waals surface area contributed by atoms with Crippen LogP contribution in [0.4, 0.5) is 0 Å². The molecule has 192 valence electrons. The van der Waals surface area contributed by atoms with Crippen LogP contribution in [0.5, 0.6) is 0 Å². The standard InChI is InChI=1S/8C2H4O2.8Na/c8*1-2(3)4;;;;;;;;/h8*1H3,(H,3,4);;;;;;;;/q;;;;;;;;8*+1/p-8. The third-order valence-corrected chi connectivity index (χ3v) is 0. The maximum absolute atomic E-state index is 8.89. The Balaban J connectivity index is -0.0000000114. The Morgan fingerprint density at radius 2 is 0.225 bits per heavy atom. The smallest absolute Gasteiger partial charge is 0.550 e. The number of rotatable bonds is 0. The van der Waals surface area contributed by atoms with Crippen LogP contribution in [-0.2, 0) is 38.4 Å². The van der Waals surface area contributed by atoms with Gasteiger partial charge in [0.2, 0.25) is 0 Å². The van der Waals surface area contributed by atoms with E-state index in [0.717, 1.165) is 55.4 Å². The van der Waals surface area contributed by atoms with E-state index in [2.05, 4.69) is 0 Å². The van der Waals surface area contributed by atoms with Crippen molar-refractivity contribution >= 4 is 47.8 Å². The number of hydrogen-bond donors (Lipinski definition) is 0. The number of hydrogen-bond acceptors (Lipinski definition) is 16. The summed E-state index contributed by atoms with van der Waals surface area (Å²) < 4.78 is 0. The van der Waals surface area contributed by atoms with Gasteiger partial charge in [0.15, 0.2) is 0 Å². The van der Waals surface area contributed by atoms with Crippen molar-refractivity contribution in [1.29, 1.82) is 0 Å². The van der Waals surface area contributed by atoms with Crippen LogP contribution in [0.25, 0.3) is 0 Å². The third-order valence-electron chi connectivity index (χ3n) is 0. The molecular formula is C16H24Na8O16. The van der Waals surface area contributed by atoms with Gasteiger partial charge in [-0.25, -0.2) is 0 Å². The van der Waals surface area contributed by atoms with E-state index >= 15 is 0 Å². The molecule has 16 nitrogen and oxygen atoms in total. The maximum Gasteiger partial charge on any atom is 1.00 e. The molecule has 0 saturated carbocycles. The van der Waals surface area contributed by atoms with Gasteiger partial charge in [-0.15, -0.1) is 0 Å². The second-order valence-corrected chi connectivity index (χ2v) is 3.93. The molecule has 0 unspecified atom stereocenters. The van der Waals surface area contributed by atoms with Gasteiger partial charge < -0.3 is 79.2 Å². The van der Waals surface area contributed by atoms with Gasteiger partial charge in [-0.05, 0) is 55.4 Å². The zero-order valence-electron chi connectivity index (χ0n) is 26.5. The molecule has 0 aliphatic carbocycles. The SMILES string of the molecule is CC(=O)[O-].CC(=O)[O-].CC(=O)[O-].CC(=O)[O-].CC(=O)[O-].CC(=O)[O-].CC(=O)[O-].CC(=O)[O-].[Na+].[Na+].[Na+].[Na+].[Na+].[Na+].[Na+].[Na+]. The number of carboxylic acid groups (broad SMARTS) is 8. The van der Waals surface area contributed by atoms with Gasteiger partial charge in [0.25, 0.3) is 0 Å². The summed E-state index contributed by atoms with van der Waals surface area (Å²) in [6.07, 6.45) is 0. The summed E-state index contributed by atoms with van der Waals surface area (Å²) in [6.45, 7) is 7.78. The minimum absolute atomic E-state index is 0. The fourth-order valence-corrected chi connectivity index (χ4v) is 0. The third kappa shape index (κ3) is 4910. The average molecular weight is 656 g/mol. The van der Waals surface area contributed by atoms with Crippen molar-refractivity contribution in [3.05, 3.63) is 0 Å². The summed E-state index contributed by atoms with van der Waals surface area (Å²) in [7, 11) is 0. The van der Waals surface area contributed by atoms with Crippen LogP contribution >= 0.6 is 0 Å². The van der Waals surface area contributed by atoms with Crippen molar-refractivity contribution in [3.63, 3.8) is 0 Å². The summed E-state index contributed by atoms with van der Waals surface area (Å²) in [5, 5.41) is 71.1. The van der Waals surface area contributed by atoms with Crippen LogP contribution < -0.4 is 277 Å². The van der Waals surface area contributed by atoms with Crippen molar-refractivity contribution in [2.45, 2.75) is 55.4 Å². The molecule has 0 aromatic carbocycles. The predicted octanol–water partition coefficient (Wildman–Crippen LogP) is -33.9. The molecule has 0 radical (unpaired) electrons. The predicted molar refractivity (Wildman–Crippen MR) is 85.4 cm³/mol. The van der Waals surface area contributed by atoms with E-state index in [1.807, 2.05) is 0 Å². The van der Waals surface area contributed by atoms with Crippen LogP contribution in [0.2, 0.25) is 0 Å². The van der Waals surface area contributed by atoms with E-state index in [4.69, 9.17) is 79.2 Å². The first-order chi connectivity index (χ1) is 13.9. The van der Waals surface area contributed by atoms with Crippen LogP contribution in [0, 0.1) is 0 Å². The fraction of sp³-hybridized carbons (Fsp3) is 0.500. The van der Waals surface area contributed by atoms with Gasteiger partial charge in [0.1, 0.15) is 0 Å². The van der Waals surface area contributed by atoms with Gasteiger partial charge in [-0.3, -0.25) is 0 Å². The minimum Gasteiger partial charge on any atom is -0.550 e. The molecule has 0 rings (SSSR count). The molecule has 0 aromatic rings. The number of carbonyl (C=O) groups is 8.